The zero-order valence-corrected chi connectivity index (χ0v) is 17.5. The van der Waals surface area contributed by atoms with Gasteiger partial charge in [-0.2, -0.15) is 18.4 Å². The average molecular weight is 438 g/mol. The lowest BCUT2D eigenvalue weighted by molar-refractivity contribution is -0.137. The van der Waals surface area contributed by atoms with E-state index in [2.05, 4.69) is 15.5 Å². The molecule has 1 N–H and O–H groups in total. The van der Waals surface area contributed by atoms with Crippen molar-refractivity contribution in [3.63, 3.8) is 0 Å². The summed E-state index contributed by atoms with van der Waals surface area (Å²) >= 11 is 0. The third kappa shape index (κ3) is 6.18. The monoisotopic (exact) mass is 438 g/mol. The van der Waals surface area contributed by atoms with Crippen LogP contribution in [0.25, 0.3) is 0 Å². The predicted octanol–water partition coefficient (Wildman–Crippen LogP) is 3.26. The number of rotatable bonds is 3. The molecule has 0 saturated carbocycles. The van der Waals surface area contributed by atoms with Crippen LogP contribution in [0.4, 0.5) is 23.7 Å². The normalized spacial score (nSPS) is 11.6. The summed E-state index contributed by atoms with van der Waals surface area (Å²) in [5.41, 5.74) is 0.793. The minimum Gasteiger partial charge on any atom is -0.443 e. The van der Waals surface area contributed by atoms with Crippen LogP contribution in [0.5, 0.6) is 0 Å². The van der Waals surface area contributed by atoms with Crippen LogP contribution in [0.15, 0.2) is 18.5 Å². The average Bonchev–Trinajstić information content (AvgIpc) is 3.05. The number of carbonyl (C=O) groups excluding carboxylic acids is 2. The topological polar surface area (TPSA) is 113 Å². The van der Waals surface area contributed by atoms with Crippen molar-refractivity contribution >= 4 is 17.7 Å². The number of nitrogens with one attached hydrogen (secondary N) is 1. The molecular formula is C19H21F3N6O3. The fraction of sp³-hybridized carbons (Fsp3) is 0.421. The smallest absolute Gasteiger partial charge is 0.427 e. The van der Waals surface area contributed by atoms with E-state index in [0.717, 1.165) is 28.2 Å². The summed E-state index contributed by atoms with van der Waals surface area (Å²) in [7, 11) is 0. The number of carbonyl (C=O) groups is 2. The van der Waals surface area contributed by atoms with E-state index in [4.69, 9.17) is 10.00 Å². The highest BCUT2D eigenvalue weighted by atomic mass is 19.4. The minimum atomic E-state index is -4.57. The summed E-state index contributed by atoms with van der Waals surface area (Å²) < 4.78 is 45.7. The Hall–Kier alpha value is -3.62. The molecule has 31 heavy (non-hydrogen) atoms. The molecule has 0 saturated heterocycles. The summed E-state index contributed by atoms with van der Waals surface area (Å²) in [6, 6.07) is 3.47. The summed E-state index contributed by atoms with van der Waals surface area (Å²) in [6.07, 6.45) is -4.40. The third-order valence-electron chi connectivity index (χ3n) is 3.83. The van der Waals surface area contributed by atoms with Crippen molar-refractivity contribution in [2.24, 2.45) is 0 Å². The maximum Gasteiger partial charge on any atom is 0.427 e. The maximum atomic E-state index is 13.1. The Labute approximate surface area is 176 Å². The van der Waals surface area contributed by atoms with Crippen molar-refractivity contribution in [1.29, 1.82) is 5.26 Å². The van der Waals surface area contributed by atoms with Gasteiger partial charge in [-0.1, -0.05) is 0 Å². The van der Waals surface area contributed by atoms with Gasteiger partial charge < -0.3 is 4.74 Å². The van der Waals surface area contributed by atoms with Crippen LogP contribution in [-0.2, 0) is 22.3 Å². The maximum absolute atomic E-state index is 13.1. The van der Waals surface area contributed by atoms with E-state index in [-0.39, 0.29) is 22.6 Å². The summed E-state index contributed by atoms with van der Waals surface area (Å²) in [5, 5.41) is 13.4. The number of ether oxygens (including phenoxy) is 1. The van der Waals surface area contributed by atoms with Gasteiger partial charge >= 0.3 is 12.3 Å². The molecule has 0 spiro atoms. The van der Waals surface area contributed by atoms with Gasteiger partial charge in [-0.3, -0.25) is 4.79 Å². The number of hydrogen-bond acceptors (Lipinski definition) is 6. The molecule has 0 bridgehead atoms. The van der Waals surface area contributed by atoms with Crippen LogP contribution in [0.3, 0.4) is 0 Å². The van der Waals surface area contributed by atoms with E-state index >= 15 is 0 Å². The zero-order valence-electron chi connectivity index (χ0n) is 17.5. The minimum absolute atomic E-state index is 0.0597. The Morgan fingerprint density at radius 1 is 1.23 bits per heavy atom. The molecule has 166 valence electrons. The van der Waals surface area contributed by atoms with Crippen LogP contribution >= 0.6 is 0 Å². The predicted molar refractivity (Wildman–Crippen MR) is 103 cm³/mol. The Balaban J connectivity index is 2.45. The fourth-order valence-electron chi connectivity index (χ4n) is 2.74. The van der Waals surface area contributed by atoms with E-state index in [9.17, 15) is 22.8 Å². The molecule has 0 aliphatic heterocycles. The second-order valence-electron chi connectivity index (χ2n) is 7.68. The Morgan fingerprint density at radius 2 is 1.81 bits per heavy atom. The first-order chi connectivity index (χ1) is 14.2. The highest BCUT2D eigenvalue weighted by Gasteiger charge is 2.33. The number of benzene rings is 1. The van der Waals surface area contributed by atoms with E-state index in [1.54, 1.807) is 26.8 Å². The second-order valence-corrected chi connectivity index (χ2v) is 7.68. The highest BCUT2D eigenvalue weighted by molar-refractivity contribution is 5.96. The summed E-state index contributed by atoms with van der Waals surface area (Å²) in [4.78, 5) is 29.0. The molecule has 0 radical (unpaired) electrons. The molecule has 1 aromatic heterocycles. The molecule has 1 aromatic carbocycles. The van der Waals surface area contributed by atoms with Gasteiger partial charge in [-0.15, -0.1) is 5.10 Å². The Bertz CT molecular complexity index is 1010. The first kappa shape index (κ1) is 23.7. The molecule has 0 unspecified atom stereocenters. The molecule has 2 aromatic rings. The van der Waals surface area contributed by atoms with E-state index < -0.39 is 35.9 Å². The lowest BCUT2D eigenvalue weighted by atomic mass is 10.0. The van der Waals surface area contributed by atoms with Crippen LogP contribution in [-0.4, -0.2) is 32.4 Å². The van der Waals surface area contributed by atoms with Crippen molar-refractivity contribution in [3.05, 3.63) is 41.0 Å². The molecule has 2 amide bonds. The molecule has 0 fully saturated rings. The lowest BCUT2D eigenvalue weighted by Gasteiger charge is -2.28. The molecule has 0 aliphatic carbocycles. The molecule has 0 atom stereocenters. The summed E-state index contributed by atoms with van der Waals surface area (Å²) in [5.74, 6) is -0.910. The number of anilines is 1. The lowest BCUT2D eigenvalue weighted by Crippen LogP contribution is -2.50. The number of alkyl halides is 3. The van der Waals surface area contributed by atoms with Crippen LogP contribution < -0.4 is 10.4 Å². The standard InChI is InChI=1S/C19H21F3N6O3/c1-11-6-13(19(20,21)22)7-12(2)16(11)28(26-17(30)31-18(3,4)5)15(29)9-27-10-24-14(8-23)25-27/h6-7,10H,9H2,1-5H3,(H,26,30). The van der Waals surface area contributed by atoms with Gasteiger partial charge in [0.25, 0.3) is 11.7 Å². The molecular weight excluding hydrogens is 417 g/mol. The van der Waals surface area contributed by atoms with Gasteiger partial charge in [0, 0.05) is 0 Å². The third-order valence-corrected chi connectivity index (χ3v) is 3.83. The quantitative estimate of drug-likeness (QED) is 0.736. The molecule has 1 heterocycles. The van der Waals surface area contributed by atoms with Crippen molar-refractivity contribution in [1.82, 2.24) is 20.2 Å². The highest BCUT2D eigenvalue weighted by Crippen LogP contribution is 2.35. The van der Waals surface area contributed by atoms with Crippen LogP contribution in [0.1, 0.15) is 43.3 Å². The zero-order chi connectivity index (χ0) is 23.6. The molecule has 9 nitrogen and oxygen atoms in total. The molecule has 0 aliphatic rings. The number of hydrazine groups is 1. The van der Waals surface area contributed by atoms with E-state index in [1.807, 2.05) is 0 Å². The van der Waals surface area contributed by atoms with Crippen molar-refractivity contribution in [2.75, 3.05) is 5.01 Å². The fourth-order valence-corrected chi connectivity index (χ4v) is 2.74. The van der Waals surface area contributed by atoms with Crippen molar-refractivity contribution in [2.45, 2.75) is 52.9 Å². The molecule has 2 rings (SSSR count). The van der Waals surface area contributed by atoms with Gasteiger partial charge in [0.15, 0.2) is 0 Å². The van der Waals surface area contributed by atoms with Crippen molar-refractivity contribution in [3.8, 4) is 6.07 Å². The van der Waals surface area contributed by atoms with Gasteiger partial charge in [0.2, 0.25) is 0 Å². The number of nitriles is 1. The molecule has 12 heteroatoms. The number of hydrogen-bond donors (Lipinski definition) is 1. The van der Waals surface area contributed by atoms with Crippen molar-refractivity contribution < 1.29 is 27.5 Å². The number of nitrogens with zero attached hydrogens (tertiary/aromatic N) is 5. The number of aryl methyl sites for hydroxylation is 2. The van der Waals surface area contributed by atoms with Gasteiger partial charge in [-0.25, -0.2) is 24.9 Å². The Morgan fingerprint density at radius 3 is 2.26 bits per heavy atom. The number of halogens is 3. The van der Waals surface area contributed by atoms with Crippen LogP contribution in [0.2, 0.25) is 0 Å². The second kappa shape index (κ2) is 8.63. The number of amides is 2. The first-order valence-electron chi connectivity index (χ1n) is 9.02. The first-order valence-corrected chi connectivity index (χ1v) is 9.02. The van der Waals surface area contributed by atoms with E-state index in [1.165, 1.54) is 13.8 Å². The largest absolute Gasteiger partial charge is 0.443 e. The number of aromatic nitrogens is 3. The van der Waals surface area contributed by atoms with Gasteiger partial charge in [0.05, 0.1) is 11.3 Å². The summed E-state index contributed by atoms with van der Waals surface area (Å²) in [6.45, 7) is 7.19. The van der Waals surface area contributed by atoms with Gasteiger partial charge in [-0.05, 0) is 57.9 Å². The van der Waals surface area contributed by atoms with Gasteiger partial charge in [0.1, 0.15) is 24.5 Å². The SMILES string of the molecule is Cc1cc(C(F)(F)F)cc(C)c1N(NC(=O)OC(C)(C)C)C(=O)Cn1cnc(C#N)n1. The van der Waals surface area contributed by atoms with E-state index in [0.29, 0.717) is 0 Å². The van der Waals surface area contributed by atoms with Crippen LogP contribution in [0, 0.1) is 25.2 Å². The Kier molecular flexibility index (Phi) is 6.58.